The number of nitrogens with two attached hydrogens (primary N) is 1. The van der Waals surface area contributed by atoms with Gasteiger partial charge in [0, 0.05) is 0 Å². The maximum Gasteiger partial charge on any atom is 0.337 e. The van der Waals surface area contributed by atoms with Gasteiger partial charge in [-0.1, -0.05) is 0 Å². The maximum atomic E-state index is 12.2. The summed E-state index contributed by atoms with van der Waals surface area (Å²) in [6, 6.07) is -1.68. The van der Waals surface area contributed by atoms with Gasteiger partial charge in [0.25, 0.3) is 0 Å². The number of carbonyl (C=O) groups is 2. The van der Waals surface area contributed by atoms with Crippen LogP contribution in [0, 0.1) is 0 Å². The molecular weight excluding hydrogens is 467 g/mol. The van der Waals surface area contributed by atoms with E-state index in [9.17, 15) is 34.4 Å². The lowest BCUT2D eigenvalue weighted by Gasteiger charge is -2.20. The molecule has 1 saturated heterocycles. The summed E-state index contributed by atoms with van der Waals surface area (Å²) >= 11 is 0. The Labute approximate surface area is 185 Å². The molecule has 8 N–H and O–H groups in total. The number of fused-ring (bicyclic) bond motifs is 1. The number of hydrogen-bond acceptors (Lipinski definition) is 12. The first-order valence-corrected chi connectivity index (χ1v) is 11.3. The standard InChI is InChI=1S/C16H23N6O10P/c1-6(23)9(16(27)28)21-8(24)3-33(29,30)31-2-7-11(25)12(26)15(32-7)22-5-20-10-13(17)18-4-19-14(10)22/h4-7,9,11-12,15,23,25-26H,2-3H2,1H3,(H,21,24)(H,27,28)(H,29,30)(H2,17,18,19)/t6-,7-,9+,11-,12-,15-/m1/s1. The van der Waals surface area contributed by atoms with Gasteiger partial charge < -0.3 is 45.6 Å². The smallest absolute Gasteiger partial charge is 0.337 e. The summed E-state index contributed by atoms with van der Waals surface area (Å²) in [6.45, 7) is 0.441. The number of nitrogens with one attached hydrogen (secondary N) is 1. The van der Waals surface area contributed by atoms with Crippen LogP contribution in [0.15, 0.2) is 12.7 Å². The van der Waals surface area contributed by atoms with Crippen LogP contribution in [0.3, 0.4) is 0 Å². The van der Waals surface area contributed by atoms with E-state index in [1.807, 2.05) is 5.32 Å². The minimum Gasteiger partial charge on any atom is -0.480 e. The van der Waals surface area contributed by atoms with E-state index in [1.165, 1.54) is 17.2 Å². The maximum absolute atomic E-state index is 12.2. The second-order valence-corrected chi connectivity index (χ2v) is 9.19. The topological polar surface area (TPSA) is 252 Å². The van der Waals surface area contributed by atoms with E-state index in [4.69, 9.17) is 20.1 Å². The minimum atomic E-state index is -4.61. The first-order valence-electron chi connectivity index (χ1n) is 9.52. The van der Waals surface area contributed by atoms with E-state index < -0.39 is 68.9 Å². The van der Waals surface area contributed by atoms with Crippen LogP contribution in [-0.4, -0.2) is 99.9 Å². The van der Waals surface area contributed by atoms with Crippen molar-refractivity contribution in [3.63, 3.8) is 0 Å². The van der Waals surface area contributed by atoms with Crippen molar-refractivity contribution >= 4 is 36.5 Å². The van der Waals surface area contributed by atoms with Crippen molar-refractivity contribution in [2.24, 2.45) is 0 Å². The average Bonchev–Trinajstić information content (AvgIpc) is 3.26. The summed E-state index contributed by atoms with van der Waals surface area (Å²) in [5, 5.41) is 40.9. The van der Waals surface area contributed by atoms with Crippen molar-refractivity contribution in [3.8, 4) is 0 Å². The number of aliphatic hydroxyl groups excluding tert-OH is 3. The van der Waals surface area contributed by atoms with E-state index in [2.05, 4.69) is 15.0 Å². The molecule has 1 unspecified atom stereocenters. The fraction of sp³-hybridized carbons (Fsp3) is 0.562. The van der Waals surface area contributed by atoms with Crippen LogP contribution < -0.4 is 11.1 Å². The molecule has 182 valence electrons. The van der Waals surface area contributed by atoms with Gasteiger partial charge in [0.05, 0.1) is 19.0 Å². The zero-order valence-corrected chi connectivity index (χ0v) is 18.0. The van der Waals surface area contributed by atoms with E-state index >= 15 is 0 Å². The van der Waals surface area contributed by atoms with Gasteiger partial charge in [0.2, 0.25) is 5.91 Å². The van der Waals surface area contributed by atoms with Crippen LogP contribution in [0.25, 0.3) is 11.2 Å². The third kappa shape index (κ3) is 5.44. The Morgan fingerprint density at radius 1 is 1.33 bits per heavy atom. The average molecular weight is 490 g/mol. The molecule has 3 rings (SSSR count). The molecule has 1 aliphatic rings. The summed E-state index contributed by atoms with van der Waals surface area (Å²) in [7, 11) is -4.61. The fourth-order valence-corrected chi connectivity index (χ4v) is 4.10. The molecule has 0 aromatic carbocycles. The third-order valence-corrected chi connectivity index (χ3v) is 6.09. The van der Waals surface area contributed by atoms with Crippen molar-refractivity contribution in [3.05, 3.63) is 12.7 Å². The highest BCUT2D eigenvalue weighted by Gasteiger charge is 2.45. The van der Waals surface area contributed by atoms with Crippen LogP contribution >= 0.6 is 7.60 Å². The van der Waals surface area contributed by atoms with Gasteiger partial charge in [-0.25, -0.2) is 19.7 Å². The number of amides is 1. The lowest BCUT2D eigenvalue weighted by molar-refractivity contribution is -0.144. The van der Waals surface area contributed by atoms with Gasteiger partial charge in [0.1, 0.15) is 36.3 Å². The van der Waals surface area contributed by atoms with Crippen molar-refractivity contribution in [2.75, 3.05) is 18.5 Å². The molecule has 1 amide bonds. The van der Waals surface area contributed by atoms with Crippen LogP contribution in [-0.2, 0) is 23.4 Å². The Kier molecular flexibility index (Phi) is 7.28. The summed E-state index contributed by atoms with van der Waals surface area (Å²) in [6.07, 6.45) is -5.60. The zero-order valence-electron chi connectivity index (χ0n) is 17.1. The molecule has 2 aromatic heterocycles. The number of carboxylic acids is 1. The second kappa shape index (κ2) is 9.64. The molecule has 7 atom stereocenters. The largest absolute Gasteiger partial charge is 0.480 e. The summed E-state index contributed by atoms with van der Waals surface area (Å²) < 4.78 is 23.9. The van der Waals surface area contributed by atoms with Crippen molar-refractivity contribution in [1.82, 2.24) is 24.8 Å². The number of aliphatic carboxylic acids is 1. The molecule has 0 radical (unpaired) electrons. The summed E-state index contributed by atoms with van der Waals surface area (Å²) in [4.78, 5) is 44.7. The van der Waals surface area contributed by atoms with Gasteiger partial charge >= 0.3 is 13.6 Å². The molecule has 1 fully saturated rings. The number of rotatable bonds is 9. The Morgan fingerprint density at radius 3 is 2.67 bits per heavy atom. The normalized spacial score (nSPS) is 26.6. The molecule has 33 heavy (non-hydrogen) atoms. The molecule has 17 heteroatoms. The van der Waals surface area contributed by atoms with Gasteiger partial charge in [0.15, 0.2) is 23.7 Å². The molecule has 1 aliphatic heterocycles. The molecule has 3 heterocycles. The molecule has 0 saturated carbocycles. The number of carboxylic acid groups (broad SMARTS) is 1. The van der Waals surface area contributed by atoms with Gasteiger partial charge in [-0.3, -0.25) is 13.9 Å². The Bertz CT molecular complexity index is 1080. The van der Waals surface area contributed by atoms with Crippen molar-refractivity contribution < 1.29 is 48.7 Å². The van der Waals surface area contributed by atoms with Crippen LogP contribution in [0.5, 0.6) is 0 Å². The van der Waals surface area contributed by atoms with Gasteiger partial charge in [-0.15, -0.1) is 0 Å². The van der Waals surface area contributed by atoms with E-state index in [1.54, 1.807) is 0 Å². The quantitative estimate of drug-likeness (QED) is 0.175. The molecule has 16 nitrogen and oxygen atoms in total. The number of anilines is 1. The molecule has 0 aliphatic carbocycles. The molecular formula is C16H23N6O10P. The highest BCUT2D eigenvalue weighted by Crippen LogP contribution is 2.43. The number of carbonyl (C=O) groups excluding carboxylic acids is 1. The van der Waals surface area contributed by atoms with Gasteiger partial charge in [-0.05, 0) is 6.92 Å². The monoisotopic (exact) mass is 490 g/mol. The predicted molar refractivity (Wildman–Crippen MR) is 108 cm³/mol. The van der Waals surface area contributed by atoms with Crippen LogP contribution in [0.1, 0.15) is 13.2 Å². The molecule has 0 bridgehead atoms. The minimum absolute atomic E-state index is 0.0897. The Morgan fingerprint density at radius 2 is 2.03 bits per heavy atom. The SMILES string of the molecule is C[C@@H](O)[C@H](NC(=O)CP(=O)(O)OC[C@H]1O[C@@H](n2cnc3c(N)ncnc32)[C@H](O)[C@@H]1O)C(=O)O. The summed E-state index contributed by atoms with van der Waals surface area (Å²) in [5.41, 5.74) is 6.18. The number of nitrogen functional groups attached to an aromatic ring is 1. The fourth-order valence-electron chi connectivity index (χ4n) is 3.18. The number of hydrogen-bond donors (Lipinski definition) is 7. The zero-order chi connectivity index (χ0) is 24.5. The second-order valence-electron chi connectivity index (χ2n) is 7.34. The van der Waals surface area contributed by atoms with Crippen LogP contribution in [0.2, 0.25) is 0 Å². The van der Waals surface area contributed by atoms with E-state index in [0.717, 1.165) is 6.92 Å². The van der Waals surface area contributed by atoms with E-state index in [0.29, 0.717) is 0 Å². The Hall–Kier alpha value is -2.72. The number of aromatic nitrogens is 4. The number of imidazole rings is 1. The number of nitrogens with zero attached hydrogens (tertiary/aromatic N) is 4. The molecule has 2 aromatic rings. The van der Waals surface area contributed by atoms with Gasteiger partial charge in [-0.2, -0.15) is 0 Å². The number of ether oxygens (including phenoxy) is 1. The first kappa shape index (κ1) is 24.9. The first-order chi connectivity index (χ1) is 15.4. The highest BCUT2D eigenvalue weighted by atomic mass is 31.2. The van der Waals surface area contributed by atoms with E-state index in [-0.39, 0.29) is 17.0 Å². The summed E-state index contributed by atoms with van der Waals surface area (Å²) in [5.74, 6) is -2.59. The Balaban J connectivity index is 1.63. The lowest BCUT2D eigenvalue weighted by atomic mass is 10.1. The van der Waals surface area contributed by atoms with Crippen molar-refractivity contribution in [1.29, 1.82) is 0 Å². The predicted octanol–water partition coefficient (Wildman–Crippen LogP) is -2.82. The third-order valence-electron chi connectivity index (χ3n) is 4.85. The van der Waals surface area contributed by atoms with Crippen LogP contribution in [0.4, 0.5) is 5.82 Å². The lowest BCUT2D eigenvalue weighted by Crippen LogP contribution is -2.48. The molecule has 0 spiro atoms. The van der Waals surface area contributed by atoms with Crippen molar-refractivity contribution in [2.45, 2.75) is 43.6 Å². The number of aliphatic hydroxyl groups is 3. The highest BCUT2D eigenvalue weighted by molar-refractivity contribution is 7.53.